The van der Waals surface area contributed by atoms with E-state index in [2.05, 4.69) is 9.97 Å². The molecule has 3 N–H and O–H groups in total. The van der Waals surface area contributed by atoms with E-state index in [1.165, 1.54) is 4.90 Å². The van der Waals surface area contributed by atoms with Crippen molar-refractivity contribution in [3.05, 3.63) is 21.6 Å². The molecule has 1 atom stereocenters. The Morgan fingerprint density at radius 1 is 1.41 bits per heavy atom. The number of nitrogens with one attached hydrogen (secondary N) is 1. The molecule has 0 aliphatic carbocycles. The van der Waals surface area contributed by atoms with Gasteiger partial charge in [0.15, 0.2) is 0 Å². The average Bonchev–Trinajstić information content (AvgIpc) is 2.80. The number of rotatable bonds is 5. The molecule has 1 aliphatic heterocycles. The maximum absolute atomic E-state index is 12.1. The van der Waals surface area contributed by atoms with Gasteiger partial charge in [0.05, 0.1) is 0 Å². The minimum atomic E-state index is -3.80. The van der Waals surface area contributed by atoms with E-state index >= 15 is 0 Å². The van der Waals surface area contributed by atoms with Crippen LogP contribution in [-0.4, -0.2) is 36.1 Å². The molecule has 0 spiro atoms. The summed E-state index contributed by atoms with van der Waals surface area (Å²) in [6.45, 7) is 3.65. The summed E-state index contributed by atoms with van der Waals surface area (Å²) in [7, 11) is -3.80. The first kappa shape index (κ1) is 16.6. The van der Waals surface area contributed by atoms with Gasteiger partial charge in [-0.25, -0.2) is 18.5 Å². The minimum Gasteiger partial charge on any atom is -0.292 e. The number of primary sulfonamides is 1. The predicted molar refractivity (Wildman–Crippen MR) is 82.1 cm³/mol. The van der Waals surface area contributed by atoms with Crippen LogP contribution in [0.15, 0.2) is 4.79 Å². The number of H-pyrrole nitrogens is 1. The molecule has 1 fully saturated rings. The molecule has 1 aliphatic rings. The third-order valence-corrected chi connectivity index (χ3v) is 5.04. The van der Waals surface area contributed by atoms with Crippen LogP contribution < -0.4 is 15.6 Å². The third-order valence-electron chi connectivity index (χ3n) is 3.80. The van der Waals surface area contributed by atoms with Crippen LogP contribution in [0.1, 0.15) is 37.4 Å². The van der Waals surface area contributed by atoms with Gasteiger partial charge < -0.3 is 0 Å². The number of aromatic amines is 1. The fourth-order valence-electron chi connectivity index (χ4n) is 2.47. The first-order valence-electron chi connectivity index (χ1n) is 7.15. The summed E-state index contributed by atoms with van der Waals surface area (Å²) in [5, 5.41) is 4.12. The van der Waals surface area contributed by atoms with Crippen molar-refractivity contribution in [3.63, 3.8) is 0 Å². The first-order chi connectivity index (χ1) is 10.2. The smallest absolute Gasteiger partial charge is 0.255 e. The van der Waals surface area contributed by atoms with Gasteiger partial charge in [0.25, 0.3) is 5.56 Å². The molecule has 0 radical (unpaired) electrons. The lowest BCUT2D eigenvalue weighted by molar-refractivity contribution is -0.117. The number of hydrogen-bond donors (Lipinski definition) is 2. The summed E-state index contributed by atoms with van der Waals surface area (Å²) in [6, 6.07) is 0. The average molecular weight is 328 g/mol. The molecular weight excluding hydrogens is 308 g/mol. The quantitative estimate of drug-likeness (QED) is 0.775. The number of aryl methyl sites for hydroxylation is 1. The van der Waals surface area contributed by atoms with Crippen LogP contribution >= 0.6 is 0 Å². The second kappa shape index (κ2) is 6.17. The Kier molecular flexibility index (Phi) is 4.66. The Bertz CT molecular complexity index is 741. The Morgan fingerprint density at radius 3 is 2.59 bits per heavy atom. The number of hydrogen-bond acceptors (Lipinski definition) is 5. The summed E-state index contributed by atoms with van der Waals surface area (Å²) >= 11 is 0. The van der Waals surface area contributed by atoms with E-state index in [-0.39, 0.29) is 24.5 Å². The molecule has 0 aromatic carbocycles. The van der Waals surface area contributed by atoms with Gasteiger partial charge in [-0.1, -0.05) is 13.3 Å². The lowest BCUT2D eigenvalue weighted by atomic mass is 10.1. The molecule has 0 saturated carbocycles. The number of carbonyl (C=O) groups excluding carboxylic acids is 1. The van der Waals surface area contributed by atoms with Gasteiger partial charge in [0.1, 0.15) is 5.25 Å². The summed E-state index contributed by atoms with van der Waals surface area (Å²) in [6.07, 6.45) is 2.26. The molecule has 1 saturated heterocycles. The van der Waals surface area contributed by atoms with Crippen LogP contribution in [0.4, 0.5) is 5.95 Å². The van der Waals surface area contributed by atoms with Gasteiger partial charge >= 0.3 is 0 Å². The number of amides is 1. The van der Waals surface area contributed by atoms with Gasteiger partial charge in [0.2, 0.25) is 21.9 Å². The Hall–Kier alpha value is -1.74. The fraction of sp³-hybridized carbons (Fsp3) is 0.615. The second-order valence-electron chi connectivity index (χ2n) is 5.48. The molecule has 1 amide bonds. The van der Waals surface area contributed by atoms with Crippen LogP contribution in [0.3, 0.4) is 0 Å². The van der Waals surface area contributed by atoms with E-state index in [9.17, 15) is 18.0 Å². The highest BCUT2D eigenvalue weighted by Crippen LogP contribution is 2.21. The number of nitrogens with two attached hydrogens (primary N) is 1. The van der Waals surface area contributed by atoms with E-state index in [4.69, 9.17) is 5.14 Å². The van der Waals surface area contributed by atoms with Gasteiger partial charge in [-0.3, -0.25) is 19.5 Å². The topological polar surface area (TPSA) is 126 Å². The van der Waals surface area contributed by atoms with Crippen LogP contribution in [0.2, 0.25) is 0 Å². The zero-order valence-corrected chi connectivity index (χ0v) is 13.4. The zero-order chi connectivity index (χ0) is 16.5. The monoisotopic (exact) mass is 328 g/mol. The largest absolute Gasteiger partial charge is 0.292 e. The van der Waals surface area contributed by atoms with Crippen molar-refractivity contribution in [1.29, 1.82) is 0 Å². The molecule has 22 heavy (non-hydrogen) atoms. The van der Waals surface area contributed by atoms with Crippen LogP contribution in [0.5, 0.6) is 0 Å². The normalized spacial score (nSPS) is 19.0. The van der Waals surface area contributed by atoms with Gasteiger partial charge in [0, 0.05) is 24.2 Å². The highest BCUT2D eigenvalue weighted by atomic mass is 32.2. The highest BCUT2D eigenvalue weighted by molar-refractivity contribution is 7.89. The molecule has 8 nitrogen and oxygen atoms in total. The summed E-state index contributed by atoms with van der Waals surface area (Å²) in [5.41, 5.74) is 0.863. The van der Waals surface area contributed by atoms with Crippen molar-refractivity contribution < 1.29 is 13.2 Å². The predicted octanol–water partition coefficient (Wildman–Crippen LogP) is -0.185. The maximum Gasteiger partial charge on any atom is 0.255 e. The minimum absolute atomic E-state index is 0.0823. The van der Waals surface area contributed by atoms with Crippen molar-refractivity contribution in [2.75, 3.05) is 11.4 Å². The van der Waals surface area contributed by atoms with Gasteiger partial charge in [-0.2, -0.15) is 0 Å². The Labute approximate surface area is 128 Å². The van der Waals surface area contributed by atoms with E-state index in [0.717, 1.165) is 12.8 Å². The number of anilines is 1. The molecule has 1 unspecified atom stereocenters. The molecule has 9 heteroatoms. The van der Waals surface area contributed by atoms with Crippen molar-refractivity contribution in [2.24, 2.45) is 5.14 Å². The summed E-state index contributed by atoms with van der Waals surface area (Å²) in [4.78, 5) is 32.1. The Morgan fingerprint density at radius 2 is 2.09 bits per heavy atom. The van der Waals surface area contributed by atoms with Gasteiger partial charge in [-0.15, -0.1) is 0 Å². The second-order valence-corrected chi connectivity index (χ2v) is 7.32. The van der Waals surface area contributed by atoms with Crippen LogP contribution in [-0.2, 0) is 21.2 Å². The molecular formula is C13H20N4O4S. The number of unbranched alkanes of at least 4 members (excludes halogenated alkanes) is 1. The molecule has 1 aromatic heterocycles. The highest BCUT2D eigenvalue weighted by Gasteiger charge is 2.38. The van der Waals surface area contributed by atoms with Crippen molar-refractivity contribution in [2.45, 2.75) is 44.8 Å². The first-order valence-corrected chi connectivity index (χ1v) is 8.76. The van der Waals surface area contributed by atoms with E-state index in [0.29, 0.717) is 17.7 Å². The molecule has 1 aromatic rings. The number of nitrogens with zero attached hydrogens (tertiary/aromatic N) is 2. The number of carbonyl (C=O) groups is 1. The molecule has 2 rings (SSSR count). The van der Waals surface area contributed by atoms with E-state index in [1.54, 1.807) is 6.92 Å². The number of sulfonamides is 1. The van der Waals surface area contributed by atoms with Crippen molar-refractivity contribution in [1.82, 2.24) is 9.97 Å². The lowest BCUT2D eigenvalue weighted by Crippen LogP contribution is -2.34. The van der Waals surface area contributed by atoms with E-state index in [1.807, 2.05) is 6.92 Å². The van der Waals surface area contributed by atoms with Crippen LogP contribution in [0, 0.1) is 6.92 Å². The zero-order valence-electron chi connectivity index (χ0n) is 12.6. The van der Waals surface area contributed by atoms with Crippen LogP contribution in [0.25, 0.3) is 0 Å². The molecule has 122 valence electrons. The van der Waals surface area contributed by atoms with Crippen molar-refractivity contribution in [3.8, 4) is 0 Å². The molecule has 2 heterocycles. The summed E-state index contributed by atoms with van der Waals surface area (Å²) in [5.74, 6) is -0.332. The number of aromatic nitrogens is 2. The Balaban J connectivity index is 2.31. The molecule has 0 bridgehead atoms. The van der Waals surface area contributed by atoms with E-state index < -0.39 is 21.2 Å². The fourth-order valence-corrected chi connectivity index (χ4v) is 3.20. The third kappa shape index (κ3) is 3.36. The van der Waals surface area contributed by atoms with Gasteiger partial charge in [-0.05, 0) is 19.8 Å². The summed E-state index contributed by atoms with van der Waals surface area (Å²) < 4.78 is 22.7. The maximum atomic E-state index is 12.1. The SMILES string of the molecule is CCCCc1c(C)nc(N2CC(S(N)(=O)=O)CC2=O)[nH]c1=O. The lowest BCUT2D eigenvalue weighted by Gasteiger charge is -2.16. The van der Waals surface area contributed by atoms with Crippen molar-refractivity contribution >= 4 is 21.9 Å². The standard InChI is InChI=1S/C13H20N4O4S/c1-3-4-5-10-8(2)15-13(16-12(10)19)17-7-9(6-11(17)18)22(14,20)21/h9H,3-7H2,1-2H3,(H2,14,20,21)(H,15,16,19).